The Bertz CT molecular complexity index is 811. The van der Waals surface area contributed by atoms with Gasteiger partial charge in [0.1, 0.15) is 11.5 Å². The molecule has 2 aromatic carbocycles. The van der Waals surface area contributed by atoms with Gasteiger partial charge in [0.15, 0.2) is 0 Å². The molecule has 4 nitrogen and oxygen atoms in total. The van der Waals surface area contributed by atoms with E-state index in [1.165, 1.54) is 0 Å². The maximum Gasteiger partial charge on any atom is 0.128 e. The van der Waals surface area contributed by atoms with E-state index in [1.54, 1.807) is 60.5 Å². The third-order valence-corrected chi connectivity index (χ3v) is 3.65. The van der Waals surface area contributed by atoms with Crippen molar-refractivity contribution in [2.24, 2.45) is 0 Å². The molecular weight excluding hydrogens is 323 g/mol. The summed E-state index contributed by atoms with van der Waals surface area (Å²) in [7, 11) is 1.55. The molecule has 3 aromatic rings. The van der Waals surface area contributed by atoms with Gasteiger partial charge in [0.2, 0.25) is 0 Å². The first kappa shape index (κ1) is 14.8. The highest BCUT2D eigenvalue weighted by Crippen LogP contribution is 2.34. The topological polar surface area (TPSA) is 47.3 Å². The van der Waals surface area contributed by atoms with Gasteiger partial charge in [-0.2, -0.15) is 5.10 Å². The van der Waals surface area contributed by atoms with Crippen molar-refractivity contribution in [3.05, 3.63) is 58.7 Å². The molecular formula is C16H12Cl2N2O2. The molecule has 0 atom stereocenters. The summed E-state index contributed by atoms with van der Waals surface area (Å²) in [5.41, 5.74) is 2.07. The summed E-state index contributed by atoms with van der Waals surface area (Å²) in [6, 6.07) is 12.1. The summed E-state index contributed by atoms with van der Waals surface area (Å²) in [6.07, 6.45) is 1.65. The number of benzene rings is 2. The number of hydrogen-bond acceptors (Lipinski definition) is 3. The van der Waals surface area contributed by atoms with Crippen LogP contribution in [0.1, 0.15) is 0 Å². The predicted molar refractivity (Wildman–Crippen MR) is 87.2 cm³/mol. The van der Waals surface area contributed by atoms with E-state index in [2.05, 4.69) is 5.10 Å². The Labute approximate surface area is 137 Å². The van der Waals surface area contributed by atoms with Crippen LogP contribution in [0.4, 0.5) is 0 Å². The summed E-state index contributed by atoms with van der Waals surface area (Å²) in [4.78, 5) is 0. The average molecular weight is 335 g/mol. The summed E-state index contributed by atoms with van der Waals surface area (Å²) >= 11 is 12.1. The fraction of sp³-hybridized carbons (Fsp3) is 0.0625. The standard InChI is InChI=1S/C16H12Cl2N2O2/c1-22-13-2-3-14(16(21)9-13)15-4-5-19-20(15)12-7-10(17)6-11(18)8-12/h2-9,21H,1H3. The molecule has 1 heterocycles. The number of methoxy groups -OCH3 is 1. The van der Waals surface area contributed by atoms with Crippen molar-refractivity contribution < 1.29 is 9.84 Å². The van der Waals surface area contributed by atoms with E-state index < -0.39 is 0 Å². The lowest BCUT2D eigenvalue weighted by atomic mass is 10.1. The first-order valence-corrected chi connectivity index (χ1v) is 7.22. The van der Waals surface area contributed by atoms with Gasteiger partial charge in [-0.25, -0.2) is 4.68 Å². The average Bonchev–Trinajstić information content (AvgIpc) is 2.95. The van der Waals surface area contributed by atoms with Crippen molar-refractivity contribution in [1.82, 2.24) is 9.78 Å². The van der Waals surface area contributed by atoms with Gasteiger partial charge in [0, 0.05) is 21.7 Å². The van der Waals surface area contributed by atoms with Crippen molar-refractivity contribution in [2.45, 2.75) is 0 Å². The van der Waals surface area contributed by atoms with Crippen LogP contribution >= 0.6 is 23.2 Å². The molecule has 0 amide bonds. The second kappa shape index (κ2) is 5.91. The molecule has 6 heteroatoms. The number of rotatable bonds is 3. The molecule has 0 aliphatic carbocycles. The zero-order valence-corrected chi connectivity index (χ0v) is 13.1. The number of aromatic nitrogens is 2. The highest BCUT2D eigenvalue weighted by atomic mass is 35.5. The van der Waals surface area contributed by atoms with Crippen molar-refractivity contribution in [3.63, 3.8) is 0 Å². The third-order valence-electron chi connectivity index (χ3n) is 3.22. The van der Waals surface area contributed by atoms with Crippen LogP contribution in [0.3, 0.4) is 0 Å². The minimum absolute atomic E-state index is 0.106. The molecule has 1 aromatic heterocycles. The minimum Gasteiger partial charge on any atom is -0.507 e. The van der Waals surface area contributed by atoms with Crippen LogP contribution in [0.25, 0.3) is 16.9 Å². The lowest BCUT2D eigenvalue weighted by molar-refractivity contribution is 0.408. The predicted octanol–water partition coefficient (Wildman–Crippen LogP) is 4.56. The molecule has 3 rings (SSSR count). The van der Waals surface area contributed by atoms with E-state index in [4.69, 9.17) is 27.9 Å². The molecule has 112 valence electrons. The number of phenols is 1. The molecule has 0 fully saturated rings. The van der Waals surface area contributed by atoms with Gasteiger partial charge in [-0.15, -0.1) is 0 Å². The smallest absolute Gasteiger partial charge is 0.128 e. The molecule has 0 bridgehead atoms. The van der Waals surface area contributed by atoms with Gasteiger partial charge in [-0.05, 0) is 36.4 Å². The Morgan fingerprint density at radius 1 is 1.05 bits per heavy atom. The maximum atomic E-state index is 10.2. The number of phenolic OH excluding ortho intramolecular Hbond substituents is 1. The van der Waals surface area contributed by atoms with Crippen LogP contribution in [0.15, 0.2) is 48.7 Å². The fourth-order valence-electron chi connectivity index (χ4n) is 2.23. The Hall–Kier alpha value is -2.17. The minimum atomic E-state index is 0.106. The molecule has 1 N–H and O–H groups in total. The lowest BCUT2D eigenvalue weighted by Crippen LogP contribution is -1.99. The fourth-order valence-corrected chi connectivity index (χ4v) is 2.74. The van der Waals surface area contributed by atoms with Gasteiger partial charge in [-0.1, -0.05) is 23.2 Å². The van der Waals surface area contributed by atoms with Gasteiger partial charge < -0.3 is 9.84 Å². The summed E-state index contributed by atoms with van der Waals surface area (Å²) in [5.74, 6) is 0.687. The van der Waals surface area contributed by atoms with Crippen LogP contribution in [0, 0.1) is 0 Å². The molecule has 22 heavy (non-hydrogen) atoms. The van der Waals surface area contributed by atoms with Gasteiger partial charge >= 0.3 is 0 Å². The maximum absolute atomic E-state index is 10.2. The van der Waals surface area contributed by atoms with E-state index in [1.807, 2.05) is 0 Å². The SMILES string of the molecule is COc1ccc(-c2ccnn2-c2cc(Cl)cc(Cl)c2)c(O)c1. The van der Waals surface area contributed by atoms with E-state index >= 15 is 0 Å². The van der Waals surface area contributed by atoms with Crippen LogP contribution in [-0.2, 0) is 0 Å². The molecule has 0 saturated heterocycles. The van der Waals surface area contributed by atoms with Gasteiger partial charge in [0.25, 0.3) is 0 Å². The van der Waals surface area contributed by atoms with Crippen molar-refractivity contribution in [1.29, 1.82) is 0 Å². The van der Waals surface area contributed by atoms with E-state index in [9.17, 15) is 5.11 Å². The molecule has 0 aliphatic heterocycles. The lowest BCUT2D eigenvalue weighted by Gasteiger charge is -2.11. The number of aromatic hydroxyl groups is 1. The zero-order valence-electron chi connectivity index (χ0n) is 11.6. The van der Waals surface area contributed by atoms with Crippen molar-refractivity contribution >= 4 is 23.2 Å². The second-order valence-electron chi connectivity index (χ2n) is 4.64. The molecule has 0 unspecified atom stereocenters. The first-order chi connectivity index (χ1) is 10.6. The zero-order chi connectivity index (χ0) is 15.7. The Balaban J connectivity index is 2.13. The molecule has 0 spiro atoms. The number of halogens is 2. The van der Waals surface area contributed by atoms with E-state index in [0.29, 0.717) is 27.0 Å². The van der Waals surface area contributed by atoms with Crippen LogP contribution < -0.4 is 4.74 Å². The molecule has 0 saturated carbocycles. The van der Waals surface area contributed by atoms with Crippen LogP contribution in [0.2, 0.25) is 10.0 Å². The summed E-state index contributed by atoms with van der Waals surface area (Å²) in [6.45, 7) is 0. The van der Waals surface area contributed by atoms with Gasteiger partial charge in [-0.3, -0.25) is 0 Å². The largest absolute Gasteiger partial charge is 0.507 e. The van der Waals surface area contributed by atoms with Crippen molar-refractivity contribution in [3.8, 4) is 28.4 Å². The normalized spacial score (nSPS) is 10.7. The number of nitrogens with zero attached hydrogens (tertiary/aromatic N) is 2. The third kappa shape index (κ3) is 2.75. The van der Waals surface area contributed by atoms with E-state index in [-0.39, 0.29) is 5.75 Å². The van der Waals surface area contributed by atoms with Gasteiger partial charge in [0.05, 0.1) is 24.7 Å². The summed E-state index contributed by atoms with van der Waals surface area (Å²) < 4.78 is 6.76. The number of ether oxygens (including phenoxy) is 1. The van der Waals surface area contributed by atoms with Crippen LogP contribution in [0.5, 0.6) is 11.5 Å². The monoisotopic (exact) mass is 334 g/mol. The first-order valence-electron chi connectivity index (χ1n) is 6.46. The Morgan fingerprint density at radius 3 is 2.41 bits per heavy atom. The van der Waals surface area contributed by atoms with Crippen LogP contribution in [-0.4, -0.2) is 22.0 Å². The molecule has 0 aliphatic rings. The highest BCUT2D eigenvalue weighted by Gasteiger charge is 2.13. The number of hydrogen-bond donors (Lipinski definition) is 1. The van der Waals surface area contributed by atoms with E-state index in [0.717, 1.165) is 5.69 Å². The Morgan fingerprint density at radius 2 is 1.77 bits per heavy atom. The second-order valence-corrected chi connectivity index (χ2v) is 5.51. The quantitative estimate of drug-likeness (QED) is 0.763. The van der Waals surface area contributed by atoms with Crippen molar-refractivity contribution in [2.75, 3.05) is 7.11 Å². The Kier molecular flexibility index (Phi) is 3.96. The molecule has 0 radical (unpaired) electrons. The summed E-state index contributed by atoms with van der Waals surface area (Å²) in [5, 5.41) is 15.5. The highest BCUT2D eigenvalue weighted by molar-refractivity contribution is 6.34.